The van der Waals surface area contributed by atoms with E-state index in [1.54, 1.807) is 11.9 Å². The first kappa shape index (κ1) is 12.7. The third-order valence-corrected chi connectivity index (χ3v) is 4.32. The van der Waals surface area contributed by atoms with Crippen LogP contribution in [0.5, 0.6) is 0 Å². The van der Waals surface area contributed by atoms with E-state index in [4.69, 9.17) is 0 Å². The smallest absolute Gasteiger partial charge is 0.123 e. The largest absolute Gasteiger partial charge is 0.239 e. The van der Waals surface area contributed by atoms with Gasteiger partial charge < -0.3 is 0 Å². The van der Waals surface area contributed by atoms with Gasteiger partial charge in [0.05, 0.1) is 0 Å². The number of halogens is 1. The fraction of sp³-hybridized carbons (Fsp3) is 0.250. The predicted octanol–water partition coefficient (Wildman–Crippen LogP) is 4.50. The van der Waals surface area contributed by atoms with E-state index >= 15 is 0 Å². The summed E-state index contributed by atoms with van der Waals surface area (Å²) in [6.45, 7) is 0.866. The van der Waals surface area contributed by atoms with Crippen LogP contribution in [-0.4, -0.2) is 10.3 Å². The van der Waals surface area contributed by atoms with Crippen LogP contribution in [0.4, 0.5) is 4.39 Å². The first-order valence-corrected chi connectivity index (χ1v) is 7.33. The highest BCUT2D eigenvalue weighted by atomic mass is 32.2. The summed E-state index contributed by atoms with van der Waals surface area (Å²) < 4.78 is 15.3. The number of hydrogen-bond donors (Lipinski definition) is 0. The summed E-state index contributed by atoms with van der Waals surface area (Å²) in [6, 6.07) is 17.9. The van der Waals surface area contributed by atoms with Gasteiger partial charge in [0.2, 0.25) is 0 Å². The fourth-order valence-corrected chi connectivity index (χ4v) is 3.11. The Bertz CT molecular complexity index is 522. The van der Waals surface area contributed by atoms with E-state index < -0.39 is 0 Å². The van der Waals surface area contributed by atoms with Crippen molar-refractivity contribution in [2.24, 2.45) is 0 Å². The van der Waals surface area contributed by atoms with Gasteiger partial charge in [0.1, 0.15) is 5.82 Å². The highest BCUT2D eigenvalue weighted by Crippen LogP contribution is 2.36. The number of hydrogen-bond acceptors (Lipinski definition) is 2. The molecule has 0 aliphatic heterocycles. The molecule has 0 radical (unpaired) electrons. The van der Waals surface area contributed by atoms with E-state index in [0.29, 0.717) is 6.04 Å². The predicted molar refractivity (Wildman–Crippen MR) is 77.3 cm³/mol. The van der Waals surface area contributed by atoms with Crippen molar-refractivity contribution in [3.8, 4) is 0 Å². The number of benzene rings is 2. The molecule has 98 valence electrons. The summed E-state index contributed by atoms with van der Waals surface area (Å²) in [6.07, 6.45) is 2.53. The van der Waals surface area contributed by atoms with Crippen molar-refractivity contribution in [3.05, 3.63) is 66.0 Å². The van der Waals surface area contributed by atoms with E-state index in [2.05, 4.69) is 28.6 Å². The Morgan fingerprint density at radius 2 is 1.68 bits per heavy atom. The van der Waals surface area contributed by atoms with Crippen LogP contribution in [0.1, 0.15) is 18.4 Å². The van der Waals surface area contributed by atoms with Crippen LogP contribution < -0.4 is 0 Å². The first-order valence-electron chi connectivity index (χ1n) is 6.55. The van der Waals surface area contributed by atoms with Gasteiger partial charge in [0.15, 0.2) is 0 Å². The molecule has 3 heteroatoms. The van der Waals surface area contributed by atoms with Crippen LogP contribution in [-0.2, 0) is 6.54 Å². The lowest BCUT2D eigenvalue weighted by Crippen LogP contribution is -2.17. The van der Waals surface area contributed by atoms with Crippen molar-refractivity contribution in [2.75, 3.05) is 0 Å². The zero-order valence-electron chi connectivity index (χ0n) is 10.6. The molecule has 2 aromatic carbocycles. The first-order chi connectivity index (χ1) is 9.31. The maximum Gasteiger partial charge on any atom is 0.123 e. The van der Waals surface area contributed by atoms with Crippen molar-refractivity contribution in [2.45, 2.75) is 30.3 Å². The molecule has 0 unspecified atom stereocenters. The normalized spacial score (nSPS) is 14.8. The van der Waals surface area contributed by atoms with Gasteiger partial charge in [-0.05, 0) is 54.6 Å². The Hall–Kier alpha value is -1.32. The molecule has 0 atom stereocenters. The lowest BCUT2D eigenvalue weighted by atomic mass is 10.2. The Kier molecular flexibility index (Phi) is 3.85. The van der Waals surface area contributed by atoms with Gasteiger partial charge in [-0.15, -0.1) is 0 Å². The molecule has 0 amide bonds. The molecule has 1 nitrogen and oxygen atoms in total. The molecule has 0 aromatic heterocycles. The molecule has 1 fully saturated rings. The van der Waals surface area contributed by atoms with Crippen molar-refractivity contribution < 1.29 is 4.39 Å². The molecule has 1 aliphatic rings. The van der Waals surface area contributed by atoms with Gasteiger partial charge in [0, 0.05) is 17.5 Å². The van der Waals surface area contributed by atoms with E-state index in [1.165, 1.54) is 29.9 Å². The van der Waals surface area contributed by atoms with E-state index in [9.17, 15) is 4.39 Å². The third-order valence-electron chi connectivity index (χ3n) is 3.17. The molecule has 0 spiro atoms. The van der Waals surface area contributed by atoms with Crippen molar-refractivity contribution >= 4 is 11.9 Å². The summed E-state index contributed by atoms with van der Waals surface area (Å²) in [7, 11) is 0. The minimum absolute atomic E-state index is 0.169. The van der Waals surface area contributed by atoms with E-state index in [0.717, 1.165) is 12.1 Å². The Morgan fingerprint density at radius 3 is 2.32 bits per heavy atom. The molecule has 2 aromatic rings. The van der Waals surface area contributed by atoms with E-state index in [1.807, 2.05) is 18.2 Å². The Balaban J connectivity index is 1.69. The summed E-state index contributed by atoms with van der Waals surface area (Å²) >= 11 is 1.80. The molecule has 0 heterocycles. The average Bonchev–Trinajstić information content (AvgIpc) is 3.26. The molecule has 3 rings (SSSR count). The molecule has 0 saturated heterocycles. The quantitative estimate of drug-likeness (QED) is 0.738. The highest BCUT2D eigenvalue weighted by Gasteiger charge is 2.29. The zero-order chi connectivity index (χ0) is 13.1. The van der Waals surface area contributed by atoms with Crippen molar-refractivity contribution in [3.63, 3.8) is 0 Å². The second-order valence-corrected chi connectivity index (χ2v) is 5.96. The average molecular weight is 273 g/mol. The third kappa shape index (κ3) is 3.58. The molecule has 0 bridgehead atoms. The van der Waals surface area contributed by atoms with Crippen molar-refractivity contribution in [1.82, 2.24) is 4.31 Å². The Morgan fingerprint density at radius 1 is 1.00 bits per heavy atom. The lowest BCUT2D eigenvalue weighted by molar-refractivity contribution is 0.458. The van der Waals surface area contributed by atoms with E-state index in [-0.39, 0.29) is 5.82 Å². The topological polar surface area (TPSA) is 3.24 Å². The van der Waals surface area contributed by atoms with Crippen LogP contribution in [0, 0.1) is 5.82 Å². The monoisotopic (exact) mass is 273 g/mol. The minimum atomic E-state index is -0.169. The maximum atomic E-state index is 12.9. The van der Waals surface area contributed by atoms with Gasteiger partial charge in [-0.2, -0.15) is 0 Å². The van der Waals surface area contributed by atoms with Gasteiger partial charge in [0.25, 0.3) is 0 Å². The lowest BCUT2D eigenvalue weighted by Gasteiger charge is -2.20. The Labute approximate surface area is 117 Å². The summed E-state index contributed by atoms with van der Waals surface area (Å²) in [5.41, 5.74) is 1.16. The summed E-state index contributed by atoms with van der Waals surface area (Å²) in [5, 5.41) is 0. The highest BCUT2D eigenvalue weighted by molar-refractivity contribution is 7.97. The standard InChI is InChI=1S/C16H16FNS/c17-14-8-6-13(7-9-14)12-18(15-10-11-15)19-16-4-2-1-3-5-16/h1-9,15H,10-12H2. The van der Waals surface area contributed by atoms with Crippen LogP contribution >= 0.6 is 11.9 Å². The summed E-state index contributed by atoms with van der Waals surface area (Å²) in [5.74, 6) is -0.169. The molecule has 1 aliphatic carbocycles. The second kappa shape index (κ2) is 5.76. The summed E-state index contributed by atoms with van der Waals surface area (Å²) in [4.78, 5) is 1.26. The van der Waals surface area contributed by atoms with Crippen LogP contribution in [0.2, 0.25) is 0 Å². The van der Waals surface area contributed by atoms with Gasteiger partial charge in [-0.25, -0.2) is 8.70 Å². The van der Waals surface area contributed by atoms with Crippen LogP contribution in [0.3, 0.4) is 0 Å². The molecular formula is C16H16FNS. The van der Waals surface area contributed by atoms with Crippen LogP contribution in [0.15, 0.2) is 59.5 Å². The SMILES string of the molecule is Fc1ccc(CN(Sc2ccccc2)C2CC2)cc1. The van der Waals surface area contributed by atoms with Gasteiger partial charge in [-0.1, -0.05) is 30.3 Å². The van der Waals surface area contributed by atoms with Crippen LogP contribution in [0.25, 0.3) is 0 Å². The molecular weight excluding hydrogens is 257 g/mol. The minimum Gasteiger partial charge on any atom is -0.239 e. The van der Waals surface area contributed by atoms with Gasteiger partial charge in [-0.3, -0.25) is 0 Å². The second-order valence-electron chi connectivity index (χ2n) is 4.84. The number of rotatable bonds is 5. The molecule has 1 saturated carbocycles. The number of nitrogens with zero attached hydrogens (tertiary/aromatic N) is 1. The fourth-order valence-electron chi connectivity index (χ4n) is 1.98. The molecule has 19 heavy (non-hydrogen) atoms. The zero-order valence-corrected chi connectivity index (χ0v) is 11.4. The van der Waals surface area contributed by atoms with Gasteiger partial charge >= 0.3 is 0 Å². The molecule has 0 N–H and O–H groups in total. The van der Waals surface area contributed by atoms with Crippen molar-refractivity contribution in [1.29, 1.82) is 0 Å². The maximum absolute atomic E-state index is 12.9.